The van der Waals surface area contributed by atoms with Gasteiger partial charge in [0.25, 0.3) is 0 Å². The summed E-state index contributed by atoms with van der Waals surface area (Å²) >= 11 is 0. The predicted molar refractivity (Wildman–Crippen MR) is 84.2 cm³/mol. The minimum absolute atomic E-state index is 0.654. The fourth-order valence-corrected chi connectivity index (χ4v) is 2.60. The topological polar surface area (TPSA) is 53.1 Å². The van der Waals surface area contributed by atoms with Crippen molar-refractivity contribution in [2.24, 2.45) is 5.92 Å². The Morgan fingerprint density at radius 1 is 1.40 bits per heavy atom. The molecule has 0 spiro atoms. The summed E-state index contributed by atoms with van der Waals surface area (Å²) in [5.41, 5.74) is 1.10. The van der Waals surface area contributed by atoms with Crippen molar-refractivity contribution < 1.29 is 0 Å². The fraction of sp³-hybridized carbons (Fsp3) is 0.733. The van der Waals surface area contributed by atoms with E-state index in [0.717, 1.165) is 24.5 Å². The standard InChI is InChI=1S/C15H27N5/c1-5-16-15-18-8-12(4)14(19-15)17-9-13-6-7-20(10-13)11(2)3/h8,11,13H,5-7,9-10H2,1-4H3,(H2,16,17,18,19). The van der Waals surface area contributed by atoms with Crippen LogP contribution in [0.15, 0.2) is 6.20 Å². The van der Waals surface area contributed by atoms with Crippen LogP contribution in [0.5, 0.6) is 0 Å². The number of nitrogens with zero attached hydrogens (tertiary/aromatic N) is 3. The van der Waals surface area contributed by atoms with Crippen LogP contribution in [-0.4, -0.2) is 47.1 Å². The van der Waals surface area contributed by atoms with Crippen LogP contribution in [0.25, 0.3) is 0 Å². The van der Waals surface area contributed by atoms with E-state index in [1.54, 1.807) is 0 Å². The molecule has 0 saturated carbocycles. The zero-order valence-corrected chi connectivity index (χ0v) is 13.1. The Morgan fingerprint density at radius 3 is 2.85 bits per heavy atom. The van der Waals surface area contributed by atoms with Crippen molar-refractivity contribution in [3.05, 3.63) is 11.8 Å². The third-order valence-corrected chi connectivity index (χ3v) is 3.91. The van der Waals surface area contributed by atoms with Crippen molar-refractivity contribution in [1.82, 2.24) is 14.9 Å². The second-order valence-corrected chi connectivity index (χ2v) is 5.88. The monoisotopic (exact) mass is 277 g/mol. The van der Waals surface area contributed by atoms with Crippen molar-refractivity contribution in [2.75, 3.05) is 36.8 Å². The molecule has 112 valence electrons. The molecule has 2 N–H and O–H groups in total. The van der Waals surface area contributed by atoms with E-state index in [2.05, 4.69) is 46.3 Å². The van der Waals surface area contributed by atoms with E-state index >= 15 is 0 Å². The lowest BCUT2D eigenvalue weighted by atomic mass is 10.1. The van der Waals surface area contributed by atoms with Gasteiger partial charge in [-0.1, -0.05) is 0 Å². The smallest absolute Gasteiger partial charge is 0.224 e. The van der Waals surface area contributed by atoms with E-state index in [9.17, 15) is 0 Å². The lowest BCUT2D eigenvalue weighted by molar-refractivity contribution is 0.266. The average Bonchev–Trinajstić information content (AvgIpc) is 2.89. The molecule has 1 saturated heterocycles. The molecule has 1 unspecified atom stereocenters. The van der Waals surface area contributed by atoms with E-state index in [-0.39, 0.29) is 0 Å². The van der Waals surface area contributed by atoms with Crippen molar-refractivity contribution in [3.8, 4) is 0 Å². The first kappa shape index (κ1) is 15.0. The Hall–Kier alpha value is -1.36. The number of nitrogens with one attached hydrogen (secondary N) is 2. The molecule has 2 heterocycles. The van der Waals surface area contributed by atoms with Gasteiger partial charge in [-0.25, -0.2) is 4.98 Å². The Labute approximate surface area is 122 Å². The van der Waals surface area contributed by atoms with Crippen LogP contribution in [-0.2, 0) is 0 Å². The maximum absolute atomic E-state index is 4.53. The maximum atomic E-state index is 4.53. The molecular formula is C15H27N5. The second-order valence-electron chi connectivity index (χ2n) is 5.88. The SMILES string of the molecule is CCNc1ncc(C)c(NCC2CCN(C(C)C)C2)n1. The molecule has 1 fully saturated rings. The third kappa shape index (κ3) is 3.82. The molecule has 5 nitrogen and oxygen atoms in total. The minimum atomic E-state index is 0.654. The molecule has 0 aliphatic carbocycles. The molecular weight excluding hydrogens is 250 g/mol. The van der Waals surface area contributed by atoms with Crippen LogP contribution in [0.2, 0.25) is 0 Å². The number of hydrogen-bond acceptors (Lipinski definition) is 5. The highest BCUT2D eigenvalue weighted by atomic mass is 15.2. The quantitative estimate of drug-likeness (QED) is 0.836. The molecule has 1 aliphatic heterocycles. The van der Waals surface area contributed by atoms with Gasteiger partial charge in [0, 0.05) is 37.4 Å². The van der Waals surface area contributed by atoms with Crippen molar-refractivity contribution in [3.63, 3.8) is 0 Å². The van der Waals surface area contributed by atoms with Crippen LogP contribution < -0.4 is 10.6 Å². The molecule has 0 amide bonds. The molecule has 0 aromatic carbocycles. The minimum Gasteiger partial charge on any atom is -0.369 e. The molecule has 5 heteroatoms. The lowest BCUT2D eigenvalue weighted by Gasteiger charge is -2.20. The first-order valence-corrected chi connectivity index (χ1v) is 7.65. The van der Waals surface area contributed by atoms with E-state index in [4.69, 9.17) is 0 Å². The Balaban J connectivity index is 1.89. The van der Waals surface area contributed by atoms with Gasteiger partial charge in [0.2, 0.25) is 5.95 Å². The zero-order chi connectivity index (χ0) is 14.5. The highest BCUT2D eigenvalue weighted by Crippen LogP contribution is 2.20. The van der Waals surface area contributed by atoms with Gasteiger partial charge in [-0.2, -0.15) is 4.98 Å². The van der Waals surface area contributed by atoms with Crippen LogP contribution in [0, 0.1) is 12.8 Å². The molecule has 20 heavy (non-hydrogen) atoms. The van der Waals surface area contributed by atoms with Gasteiger partial charge in [0.05, 0.1) is 0 Å². The highest BCUT2D eigenvalue weighted by molar-refractivity contribution is 5.46. The first-order valence-electron chi connectivity index (χ1n) is 7.65. The second kappa shape index (κ2) is 6.88. The molecule has 1 aromatic rings. The van der Waals surface area contributed by atoms with Crippen LogP contribution in [0.4, 0.5) is 11.8 Å². The number of aryl methyl sites for hydroxylation is 1. The van der Waals surface area contributed by atoms with Crippen LogP contribution in [0.3, 0.4) is 0 Å². The molecule has 2 rings (SSSR count). The summed E-state index contributed by atoms with van der Waals surface area (Å²) in [6.45, 7) is 12.9. The van der Waals surface area contributed by atoms with Crippen molar-refractivity contribution in [1.29, 1.82) is 0 Å². The summed E-state index contributed by atoms with van der Waals surface area (Å²) in [4.78, 5) is 11.3. The van der Waals surface area contributed by atoms with Gasteiger partial charge >= 0.3 is 0 Å². The third-order valence-electron chi connectivity index (χ3n) is 3.91. The van der Waals surface area contributed by atoms with E-state index in [1.165, 1.54) is 19.5 Å². The molecule has 1 atom stereocenters. The maximum Gasteiger partial charge on any atom is 0.224 e. The highest BCUT2D eigenvalue weighted by Gasteiger charge is 2.24. The average molecular weight is 277 g/mol. The summed E-state index contributed by atoms with van der Waals surface area (Å²) in [6, 6.07) is 0.654. The Morgan fingerprint density at radius 2 is 2.20 bits per heavy atom. The number of rotatable bonds is 6. The number of anilines is 2. The Kier molecular flexibility index (Phi) is 5.17. The predicted octanol–water partition coefficient (Wildman–Crippen LogP) is 2.36. The largest absolute Gasteiger partial charge is 0.369 e. The normalized spacial score (nSPS) is 19.6. The van der Waals surface area contributed by atoms with E-state index < -0.39 is 0 Å². The van der Waals surface area contributed by atoms with Gasteiger partial charge < -0.3 is 15.5 Å². The summed E-state index contributed by atoms with van der Waals surface area (Å²) in [5, 5.41) is 6.65. The zero-order valence-electron chi connectivity index (χ0n) is 13.1. The number of likely N-dealkylation sites (tertiary alicyclic amines) is 1. The van der Waals surface area contributed by atoms with E-state index in [0.29, 0.717) is 17.9 Å². The first-order chi connectivity index (χ1) is 9.60. The van der Waals surface area contributed by atoms with Gasteiger partial charge in [-0.3, -0.25) is 0 Å². The fourth-order valence-electron chi connectivity index (χ4n) is 2.60. The summed E-state index contributed by atoms with van der Waals surface area (Å²) in [6.07, 6.45) is 3.15. The van der Waals surface area contributed by atoms with Gasteiger partial charge in [0.15, 0.2) is 0 Å². The molecule has 1 aliphatic rings. The lowest BCUT2D eigenvalue weighted by Crippen LogP contribution is -2.29. The molecule has 0 radical (unpaired) electrons. The van der Waals surface area contributed by atoms with Gasteiger partial charge in [-0.15, -0.1) is 0 Å². The van der Waals surface area contributed by atoms with Crippen molar-refractivity contribution >= 4 is 11.8 Å². The van der Waals surface area contributed by atoms with Gasteiger partial charge in [-0.05, 0) is 46.6 Å². The molecule has 1 aromatic heterocycles. The van der Waals surface area contributed by atoms with Crippen LogP contribution >= 0.6 is 0 Å². The number of hydrogen-bond donors (Lipinski definition) is 2. The summed E-state index contributed by atoms with van der Waals surface area (Å²) in [7, 11) is 0. The van der Waals surface area contributed by atoms with Gasteiger partial charge in [0.1, 0.15) is 5.82 Å². The molecule has 0 bridgehead atoms. The van der Waals surface area contributed by atoms with E-state index in [1.807, 2.05) is 13.1 Å². The summed E-state index contributed by atoms with van der Waals surface area (Å²) in [5.74, 6) is 2.38. The van der Waals surface area contributed by atoms with Crippen LogP contribution in [0.1, 0.15) is 32.8 Å². The Bertz CT molecular complexity index is 432. The summed E-state index contributed by atoms with van der Waals surface area (Å²) < 4.78 is 0. The van der Waals surface area contributed by atoms with Crippen molar-refractivity contribution in [2.45, 2.75) is 40.2 Å². The number of aromatic nitrogens is 2.